The zero-order valence-corrected chi connectivity index (χ0v) is 14.9. The van der Waals surface area contributed by atoms with E-state index >= 15 is 0 Å². The smallest absolute Gasteiger partial charge is 0.260 e. The van der Waals surface area contributed by atoms with Crippen molar-refractivity contribution in [2.45, 2.75) is 0 Å². The Bertz CT molecular complexity index is 711. The van der Waals surface area contributed by atoms with Crippen molar-refractivity contribution in [3.05, 3.63) is 54.6 Å². The van der Waals surface area contributed by atoms with Gasteiger partial charge in [-0.1, -0.05) is 48.5 Å². The summed E-state index contributed by atoms with van der Waals surface area (Å²) >= 11 is 0. The van der Waals surface area contributed by atoms with Gasteiger partial charge in [-0.25, -0.2) is 0 Å². The molecule has 0 spiro atoms. The molecule has 0 aliphatic carbocycles. The lowest BCUT2D eigenvalue weighted by molar-refractivity contribution is -0.132. The standard InChI is InChI=1S/C20H22N2O2.ClH/c23-20(22-12-16-10-21-11-17(16)13-22)14-24-19-9-5-4-8-18(19)15-6-2-1-3-7-15;/h1-9,16-17,21H,10-14H2;1H/t16-,17+;. The zero-order valence-electron chi connectivity index (χ0n) is 14.1. The van der Waals surface area contributed by atoms with Gasteiger partial charge in [0.1, 0.15) is 5.75 Å². The average molecular weight is 359 g/mol. The van der Waals surface area contributed by atoms with Crippen LogP contribution in [0.25, 0.3) is 11.1 Å². The molecule has 2 aliphatic heterocycles. The molecule has 0 unspecified atom stereocenters. The third-order valence-corrected chi connectivity index (χ3v) is 5.07. The maximum Gasteiger partial charge on any atom is 0.260 e. The van der Waals surface area contributed by atoms with E-state index in [1.165, 1.54) is 0 Å². The molecule has 2 aromatic rings. The molecule has 2 aromatic carbocycles. The molecule has 0 saturated carbocycles. The average Bonchev–Trinajstić information content (AvgIpc) is 3.23. The minimum Gasteiger partial charge on any atom is -0.483 e. The van der Waals surface area contributed by atoms with Crippen molar-refractivity contribution in [2.24, 2.45) is 11.8 Å². The van der Waals surface area contributed by atoms with Gasteiger partial charge in [-0.2, -0.15) is 0 Å². The number of nitrogens with zero attached hydrogens (tertiary/aromatic N) is 1. The van der Waals surface area contributed by atoms with Crippen molar-refractivity contribution >= 4 is 18.3 Å². The van der Waals surface area contributed by atoms with Crippen LogP contribution >= 0.6 is 12.4 Å². The molecule has 4 rings (SSSR count). The van der Waals surface area contributed by atoms with E-state index in [0.717, 1.165) is 43.1 Å². The van der Waals surface area contributed by atoms with E-state index in [-0.39, 0.29) is 24.9 Å². The first kappa shape index (κ1) is 17.8. The lowest BCUT2D eigenvalue weighted by Gasteiger charge is -2.18. The number of para-hydroxylation sites is 1. The van der Waals surface area contributed by atoms with Gasteiger partial charge in [-0.3, -0.25) is 4.79 Å². The fourth-order valence-corrected chi connectivity index (χ4v) is 3.74. The zero-order chi connectivity index (χ0) is 16.4. The molecule has 0 aromatic heterocycles. The summed E-state index contributed by atoms with van der Waals surface area (Å²) < 4.78 is 5.88. The number of carbonyl (C=O) groups excluding carboxylic acids is 1. The van der Waals surface area contributed by atoms with Crippen LogP contribution in [0.4, 0.5) is 0 Å². The first-order chi connectivity index (χ1) is 11.8. The molecule has 2 heterocycles. The summed E-state index contributed by atoms with van der Waals surface area (Å²) in [4.78, 5) is 14.4. The largest absolute Gasteiger partial charge is 0.483 e. The van der Waals surface area contributed by atoms with E-state index in [2.05, 4.69) is 17.4 Å². The van der Waals surface area contributed by atoms with Gasteiger partial charge in [0, 0.05) is 31.7 Å². The molecule has 25 heavy (non-hydrogen) atoms. The normalized spacial score (nSPS) is 21.5. The molecule has 132 valence electrons. The van der Waals surface area contributed by atoms with Crippen LogP contribution in [0.2, 0.25) is 0 Å². The van der Waals surface area contributed by atoms with Gasteiger partial charge >= 0.3 is 0 Å². The highest BCUT2D eigenvalue weighted by Gasteiger charge is 2.38. The molecule has 4 nitrogen and oxygen atoms in total. The summed E-state index contributed by atoms with van der Waals surface area (Å²) in [6.07, 6.45) is 0. The molecular formula is C20H23ClN2O2. The van der Waals surface area contributed by atoms with Gasteiger partial charge in [-0.05, 0) is 23.5 Å². The summed E-state index contributed by atoms with van der Waals surface area (Å²) in [7, 11) is 0. The van der Waals surface area contributed by atoms with Gasteiger partial charge in [0.15, 0.2) is 6.61 Å². The Labute approximate surface area is 154 Å². The van der Waals surface area contributed by atoms with Crippen LogP contribution in [-0.4, -0.2) is 43.6 Å². The fourth-order valence-electron chi connectivity index (χ4n) is 3.74. The Balaban J connectivity index is 0.00000182. The number of amides is 1. The van der Waals surface area contributed by atoms with Gasteiger partial charge in [0.05, 0.1) is 0 Å². The highest BCUT2D eigenvalue weighted by atomic mass is 35.5. The maximum absolute atomic E-state index is 12.5. The second-order valence-corrected chi connectivity index (χ2v) is 6.63. The first-order valence-electron chi connectivity index (χ1n) is 8.57. The van der Waals surface area contributed by atoms with Crippen LogP contribution in [-0.2, 0) is 4.79 Å². The van der Waals surface area contributed by atoms with Crippen molar-refractivity contribution in [2.75, 3.05) is 32.8 Å². The van der Waals surface area contributed by atoms with Crippen LogP contribution in [0.15, 0.2) is 54.6 Å². The molecular weight excluding hydrogens is 336 g/mol. The predicted octanol–water partition coefficient (Wildman–Crippen LogP) is 2.83. The van der Waals surface area contributed by atoms with E-state index in [1.54, 1.807) is 0 Å². The molecule has 1 N–H and O–H groups in total. The molecule has 2 aliphatic rings. The van der Waals surface area contributed by atoms with E-state index < -0.39 is 0 Å². The number of halogens is 1. The van der Waals surface area contributed by atoms with Crippen molar-refractivity contribution in [3.63, 3.8) is 0 Å². The summed E-state index contributed by atoms with van der Waals surface area (Å²) in [6.45, 7) is 3.90. The Morgan fingerprint density at radius 3 is 2.36 bits per heavy atom. The second-order valence-electron chi connectivity index (χ2n) is 6.63. The number of carbonyl (C=O) groups is 1. The number of fused-ring (bicyclic) bond motifs is 1. The van der Waals surface area contributed by atoms with Crippen molar-refractivity contribution in [3.8, 4) is 16.9 Å². The number of nitrogens with one attached hydrogen (secondary N) is 1. The Morgan fingerprint density at radius 1 is 1.00 bits per heavy atom. The molecule has 5 heteroatoms. The quantitative estimate of drug-likeness (QED) is 0.913. The van der Waals surface area contributed by atoms with Crippen LogP contribution < -0.4 is 10.1 Å². The van der Waals surface area contributed by atoms with Gasteiger partial charge in [0.25, 0.3) is 5.91 Å². The Hall–Kier alpha value is -2.04. The Kier molecular flexibility index (Phi) is 5.61. The third-order valence-electron chi connectivity index (χ3n) is 5.07. The molecule has 0 radical (unpaired) electrons. The van der Waals surface area contributed by atoms with Gasteiger partial charge in [0.2, 0.25) is 0 Å². The highest BCUT2D eigenvalue weighted by molar-refractivity contribution is 5.85. The fraction of sp³-hybridized carbons (Fsp3) is 0.350. The number of ether oxygens (including phenoxy) is 1. The lowest BCUT2D eigenvalue weighted by Crippen LogP contribution is -2.35. The maximum atomic E-state index is 12.5. The summed E-state index contributed by atoms with van der Waals surface area (Å²) in [5.41, 5.74) is 2.12. The van der Waals surface area contributed by atoms with E-state index in [0.29, 0.717) is 11.8 Å². The predicted molar refractivity (Wildman–Crippen MR) is 101 cm³/mol. The van der Waals surface area contributed by atoms with Crippen molar-refractivity contribution < 1.29 is 9.53 Å². The van der Waals surface area contributed by atoms with Gasteiger partial charge in [-0.15, -0.1) is 12.4 Å². The molecule has 2 saturated heterocycles. The second kappa shape index (κ2) is 7.89. The number of rotatable bonds is 4. The number of hydrogen-bond acceptors (Lipinski definition) is 3. The van der Waals surface area contributed by atoms with E-state index in [1.807, 2.05) is 47.4 Å². The summed E-state index contributed by atoms with van der Waals surface area (Å²) in [5, 5.41) is 3.40. The molecule has 2 atom stereocenters. The highest BCUT2D eigenvalue weighted by Crippen LogP contribution is 2.30. The SMILES string of the molecule is Cl.O=C(COc1ccccc1-c1ccccc1)N1C[C@H]2CNC[C@H]2C1. The minimum atomic E-state index is 0. The number of likely N-dealkylation sites (tertiary alicyclic amines) is 1. The van der Waals surface area contributed by atoms with Crippen LogP contribution in [0.3, 0.4) is 0 Å². The number of benzene rings is 2. The van der Waals surface area contributed by atoms with E-state index in [4.69, 9.17) is 4.74 Å². The topological polar surface area (TPSA) is 41.6 Å². The monoisotopic (exact) mass is 358 g/mol. The minimum absolute atomic E-state index is 0. The van der Waals surface area contributed by atoms with Crippen molar-refractivity contribution in [1.29, 1.82) is 0 Å². The molecule has 0 bridgehead atoms. The summed E-state index contributed by atoms with van der Waals surface area (Å²) in [6, 6.07) is 18.0. The lowest BCUT2D eigenvalue weighted by atomic mass is 10.0. The van der Waals surface area contributed by atoms with E-state index in [9.17, 15) is 4.79 Å². The van der Waals surface area contributed by atoms with Crippen LogP contribution in [0.5, 0.6) is 5.75 Å². The summed E-state index contributed by atoms with van der Waals surface area (Å²) in [5.74, 6) is 2.08. The van der Waals surface area contributed by atoms with Gasteiger partial charge < -0.3 is 15.0 Å². The van der Waals surface area contributed by atoms with Crippen molar-refractivity contribution in [1.82, 2.24) is 10.2 Å². The molecule has 1 amide bonds. The van der Waals surface area contributed by atoms with Crippen LogP contribution in [0, 0.1) is 11.8 Å². The molecule has 2 fully saturated rings. The van der Waals surface area contributed by atoms with Crippen LogP contribution in [0.1, 0.15) is 0 Å². The number of hydrogen-bond donors (Lipinski definition) is 1. The first-order valence-corrected chi connectivity index (χ1v) is 8.57. The Morgan fingerprint density at radius 2 is 1.64 bits per heavy atom. The third kappa shape index (κ3) is 3.80.